The second-order valence-corrected chi connectivity index (χ2v) is 3.22. The number of hydrogen-bond donors (Lipinski definition) is 0. The highest BCUT2D eigenvalue weighted by Crippen LogP contribution is 2.25. The van der Waals surface area contributed by atoms with Crippen LogP contribution in [0.3, 0.4) is 0 Å². The van der Waals surface area contributed by atoms with Gasteiger partial charge in [-0.25, -0.2) is 9.38 Å². The number of ether oxygens (including phenoxy) is 1. The van der Waals surface area contributed by atoms with Crippen molar-refractivity contribution in [2.75, 3.05) is 6.61 Å². The van der Waals surface area contributed by atoms with Crippen molar-refractivity contribution in [2.24, 2.45) is 4.99 Å². The van der Waals surface area contributed by atoms with E-state index in [0.29, 0.717) is 12.2 Å². The second-order valence-electron chi connectivity index (χ2n) is 3.22. The summed E-state index contributed by atoms with van der Waals surface area (Å²) in [5, 5.41) is 0. The van der Waals surface area contributed by atoms with Crippen LogP contribution in [0.4, 0.5) is 4.39 Å². The zero-order valence-corrected chi connectivity index (χ0v) is 8.03. The molecule has 74 valence electrons. The van der Waals surface area contributed by atoms with Gasteiger partial charge in [-0.15, -0.1) is 0 Å². The van der Waals surface area contributed by atoms with Gasteiger partial charge in [-0.3, -0.25) is 0 Å². The lowest BCUT2D eigenvalue weighted by molar-refractivity contribution is 0.310. The largest absolute Gasteiger partial charge is 0.478 e. The molecule has 0 amide bonds. The van der Waals surface area contributed by atoms with Crippen LogP contribution in [0.25, 0.3) is 0 Å². The van der Waals surface area contributed by atoms with Gasteiger partial charge in [-0.1, -0.05) is 25.1 Å². The van der Waals surface area contributed by atoms with Crippen LogP contribution in [0.2, 0.25) is 0 Å². The van der Waals surface area contributed by atoms with Crippen molar-refractivity contribution in [1.29, 1.82) is 0 Å². The van der Waals surface area contributed by atoms with Gasteiger partial charge in [0.2, 0.25) is 0 Å². The van der Waals surface area contributed by atoms with E-state index >= 15 is 0 Å². The molecule has 1 atom stereocenters. The minimum absolute atomic E-state index is 0.161. The second kappa shape index (κ2) is 3.78. The van der Waals surface area contributed by atoms with E-state index in [1.165, 1.54) is 6.07 Å². The smallest absolute Gasteiger partial charge is 0.183 e. The molecule has 1 aromatic carbocycles. The SMILES string of the molecule is CCC1=N[C@@H](c2ccccc2F)CO1. The van der Waals surface area contributed by atoms with Gasteiger partial charge in [0.1, 0.15) is 18.5 Å². The Kier molecular flexibility index (Phi) is 2.48. The average molecular weight is 193 g/mol. The van der Waals surface area contributed by atoms with E-state index in [4.69, 9.17) is 4.74 Å². The molecule has 0 radical (unpaired) electrons. The molecule has 0 saturated carbocycles. The van der Waals surface area contributed by atoms with Gasteiger partial charge in [0.25, 0.3) is 0 Å². The highest BCUT2D eigenvalue weighted by atomic mass is 19.1. The molecule has 14 heavy (non-hydrogen) atoms. The topological polar surface area (TPSA) is 21.6 Å². The van der Waals surface area contributed by atoms with Crippen molar-refractivity contribution in [3.05, 3.63) is 35.6 Å². The molecule has 0 bridgehead atoms. The van der Waals surface area contributed by atoms with Crippen LogP contribution in [0.5, 0.6) is 0 Å². The maximum atomic E-state index is 13.3. The molecule has 0 saturated heterocycles. The van der Waals surface area contributed by atoms with Crippen molar-refractivity contribution >= 4 is 5.90 Å². The molecule has 1 aromatic rings. The summed E-state index contributed by atoms with van der Waals surface area (Å²) in [6.45, 7) is 2.44. The van der Waals surface area contributed by atoms with Crippen LogP contribution in [0.1, 0.15) is 24.9 Å². The molecule has 0 aromatic heterocycles. The van der Waals surface area contributed by atoms with Gasteiger partial charge in [-0.05, 0) is 6.07 Å². The highest BCUT2D eigenvalue weighted by molar-refractivity contribution is 5.77. The fraction of sp³-hybridized carbons (Fsp3) is 0.364. The number of aliphatic imine (C=N–C) groups is 1. The fourth-order valence-electron chi connectivity index (χ4n) is 1.52. The van der Waals surface area contributed by atoms with Crippen LogP contribution in [0, 0.1) is 5.82 Å². The summed E-state index contributed by atoms with van der Waals surface area (Å²) in [5.74, 6) is 0.514. The van der Waals surface area contributed by atoms with Gasteiger partial charge < -0.3 is 4.74 Å². The molecule has 3 heteroatoms. The van der Waals surface area contributed by atoms with Gasteiger partial charge in [-0.2, -0.15) is 0 Å². The maximum Gasteiger partial charge on any atom is 0.183 e. The van der Waals surface area contributed by atoms with E-state index in [2.05, 4.69) is 4.99 Å². The van der Waals surface area contributed by atoms with Gasteiger partial charge in [0, 0.05) is 12.0 Å². The van der Waals surface area contributed by atoms with E-state index < -0.39 is 0 Å². The zero-order chi connectivity index (χ0) is 9.97. The number of rotatable bonds is 2. The Morgan fingerprint density at radius 1 is 1.50 bits per heavy atom. The first-order valence-corrected chi connectivity index (χ1v) is 4.75. The van der Waals surface area contributed by atoms with Crippen LogP contribution < -0.4 is 0 Å². The summed E-state index contributed by atoms with van der Waals surface area (Å²) in [6.07, 6.45) is 0.769. The first-order valence-electron chi connectivity index (χ1n) is 4.75. The first-order chi connectivity index (χ1) is 6.81. The predicted molar refractivity (Wildman–Crippen MR) is 52.8 cm³/mol. The van der Waals surface area contributed by atoms with E-state index in [1.807, 2.05) is 13.0 Å². The predicted octanol–water partition coefficient (Wildman–Crippen LogP) is 2.71. The monoisotopic (exact) mass is 193 g/mol. The van der Waals surface area contributed by atoms with Gasteiger partial charge in [0.05, 0.1) is 0 Å². The van der Waals surface area contributed by atoms with Crippen LogP contribution in [0.15, 0.2) is 29.3 Å². The minimum atomic E-state index is -0.206. The summed E-state index contributed by atoms with van der Waals surface area (Å²) in [6, 6.07) is 6.54. The molecule has 0 N–H and O–H groups in total. The summed E-state index contributed by atoms with van der Waals surface area (Å²) in [7, 11) is 0. The lowest BCUT2D eigenvalue weighted by Gasteiger charge is -2.05. The van der Waals surface area contributed by atoms with Crippen molar-refractivity contribution in [3.63, 3.8) is 0 Å². The maximum absolute atomic E-state index is 13.3. The standard InChI is InChI=1S/C11H12FNO/c1-2-11-13-10(7-14-11)8-5-3-4-6-9(8)12/h3-6,10H,2,7H2,1H3/t10-/m1/s1. The quantitative estimate of drug-likeness (QED) is 0.707. The Balaban J connectivity index is 2.25. The average Bonchev–Trinajstić information content (AvgIpc) is 2.67. The molecule has 2 rings (SSSR count). The Morgan fingerprint density at radius 2 is 2.29 bits per heavy atom. The number of nitrogens with zero attached hydrogens (tertiary/aromatic N) is 1. The third-order valence-corrected chi connectivity index (χ3v) is 2.27. The number of hydrogen-bond acceptors (Lipinski definition) is 2. The third-order valence-electron chi connectivity index (χ3n) is 2.27. The summed E-state index contributed by atoms with van der Waals surface area (Å²) in [4.78, 5) is 4.29. The summed E-state index contributed by atoms with van der Waals surface area (Å²) in [5.41, 5.74) is 0.621. The van der Waals surface area contributed by atoms with Crippen LogP contribution in [-0.4, -0.2) is 12.5 Å². The van der Waals surface area contributed by atoms with Crippen molar-refractivity contribution in [2.45, 2.75) is 19.4 Å². The molecule has 0 aliphatic carbocycles. The number of benzene rings is 1. The van der Waals surface area contributed by atoms with E-state index in [9.17, 15) is 4.39 Å². The summed E-state index contributed by atoms with van der Waals surface area (Å²) >= 11 is 0. The van der Waals surface area contributed by atoms with E-state index in [-0.39, 0.29) is 11.9 Å². The molecular weight excluding hydrogens is 181 g/mol. The minimum Gasteiger partial charge on any atom is -0.478 e. The van der Waals surface area contributed by atoms with E-state index in [0.717, 1.165) is 12.3 Å². The van der Waals surface area contributed by atoms with E-state index in [1.54, 1.807) is 12.1 Å². The number of halogens is 1. The van der Waals surface area contributed by atoms with Crippen molar-refractivity contribution < 1.29 is 9.13 Å². The fourth-order valence-corrected chi connectivity index (χ4v) is 1.52. The summed E-state index contributed by atoms with van der Waals surface area (Å²) < 4.78 is 18.7. The Labute approximate surface area is 82.4 Å². The lowest BCUT2D eigenvalue weighted by atomic mass is 10.1. The molecule has 1 heterocycles. The molecule has 0 unspecified atom stereocenters. The first kappa shape index (κ1) is 9.19. The molecular formula is C11H12FNO. The molecule has 1 aliphatic rings. The third kappa shape index (κ3) is 1.62. The molecule has 0 fully saturated rings. The van der Waals surface area contributed by atoms with Crippen LogP contribution >= 0.6 is 0 Å². The Bertz CT molecular complexity index is 362. The Hall–Kier alpha value is -1.38. The lowest BCUT2D eigenvalue weighted by Crippen LogP contribution is -2.00. The normalized spacial score (nSPS) is 20.4. The molecule has 0 spiro atoms. The molecule has 2 nitrogen and oxygen atoms in total. The van der Waals surface area contributed by atoms with Crippen molar-refractivity contribution in [1.82, 2.24) is 0 Å². The Morgan fingerprint density at radius 3 is 2.93 bits per heavy atom. The van der Waals surface area contributed by atoms with Gasteiger partial charge >= 0.3 is 0 Å². The highest BCUT2D eigenvalue weighted by Gasteiger charge is 2.21. The van der Waals surface area contributed by atoms with Crippen LogP contribution in [-0.2, 0) is 4.74 Å². The molecule has 1 aliphatic heterocycles. The van der Waals surface area contributed by atoms with Gasteiger partial charge in [0.15, 0.2) is 5.90 Å². The van der Waals surface area contributed by atoms with Crippen molar-refractivity contribution in [3.8, 4) is 0 Å². The zero-order valence-electron chi connectivity index (χ0n) is 8.03.